The molecule has 13 heavy (non-hydrogen) atoms. The molecule has 2 atom stereocenters. The van der Waals surface area contributed by atoms with Crippen molar-refractivity contribution in [3.63, 3.8) is 0 Å². The van der Waals surface area contributed by atoms with E-state index in [-0.39, 0.29) is 5.54 Å². The maximum Gasteiger partial charge on any atom is 0.0625 e. The molecule has 0 aromatic rings. The molecule has 1 fully saturated rings. The van der Waals surface area contributed by atoms with Gasteiger partial charge in [-0.05, 0) is 26.8 Å². The highest BCUT2D eigenvalue weighted by molar-refractivity contribution is 4.89. The SMILES string of the molecule is CC1COCC1N(C)C(C)(C)CN. The van der Waals surface area contributed by atoms with Gasteiger partial charge in [0.25, 0.3) is 0 Å². The molecule has 1 saturated heterocycles. The van der Waals surface area contributed by atoms with Crippen LogP contribution >= 0.6 is 0 Å². The average molecular weight is 186 g/mol. The first-order valence-corrected chi connectivity index (χ1v) is 5.00. The van der Waals surface area contributed by atoms with Crippen molar-refractivity contribution in [2.45, 2.75) is 32.4 Å². The van der Waals surface area contributed by atoms with Gasteiger partial charge in [0, 0.05) is 18.1 Å². The van der Waals surface area contributed by atoms with Crippen LogP contribution in [0.2, 0.25) is 0 Å². The van der Waals surface area contributed by atoms with Crippen LogP contribution in [-0.4, -0.2) is 43.3 Å². The van der Waals surface area contributed by atoms with E-state index in [2.05, 4.69) is 32.7 Å². The Morgan fingerprint density at radius 3 is 2.46 bits per heavy atom. The number of nitrogens with zero attached hydrogens (tertiary/aromatic N) is 1. The van der Waals surface area contributed by atoms with E-state index in [1.165, 1.54) is 0 Å². The van der Waals surface area contributed by atoms with Crippen LogP contribution in [0.4, 0.5) is 0 Å². The van der Waals surface area contributed by atoms with E-state index in [0.717, 1.165) is 13.2 Å². The highest BCUT2D eigenvalue weighted by Gasteiger charge is 2.34. The van der Waals surface area contributed by atoms with Crippen LogP contribution in [-0.2, 0) is 4.74 Å². The second kappa shape index (κ2) is 3.95. The van der Waals surface area contributed by atoms with Crippen molar-refractivity contribution in [1.29, 1.82) is 0 Å². The molecule has 1 aliphatic rings. The van der Waals surface area contributed by atoms with Crippen LogP contribution in [0.5, 0.6) is 0 Å². The number of hydrogen-bond donors (Lipinski definition) is 1. The summed E-state index contributed by atoms with van der Waals surface area (Å²) in [5.74, 6) is 0.621. The van der Waals surface area contributed by atoms with Crippen molar-refractivity contribution in [1.82, 2.24) is 4.90 Å². The van der Waals surface area contributed by atoms with Gasteiger partial charge in [-0.15, -0.1) is 0 Å². The number of likely N-dealkylation sites (N-methyl/N-ethyl adjacent to an activating group) is 1. The molecule has 0 spiro atoms. The summed E-state index contributed by atoms with van der Waals surface area (Å²) in [6.45, 7) is 9.01. The molecule has 2 N–H and O–H groups in total. The smallest absolute Gasteiger partial charge is 0.0625 e. The quantitative estimate of drug-likeness (QED) is 0.705. The first-order chi connectivity index (χ1) is 5.99. The second-order valence-electron chi connectivity index (χ2n) is 4.71. The molecule has 2 unspecified atom stereocenters. The summed E-state index contributed by atoms with van der Waals surface area (Å²) >= 11 is 0. The number of rotatable bonds is 3. The lowest BCUT2D eigenvalue weighted by Crippen LogP contribution is -2.53. The van der Waals surface area contributed by atoms with Gasteiger partial charge in [-0.2, -0.15) is 0 Å². The maximum absolute atomic E-state index is 5.74. The Balaban J connectivity index is 2.60. The topological polar surface area (TPSA) is 38.5 Å². The Bertz CT molecular complexity index is 170. The third-order valence-electron chi connectivity index (χ3n) is 3.28. The summed E-state index contributed by atoms with van der Waals surface area (Å²) in [5, 5.41) is 0. The zero-order valence-electron chi connectivity index (χ0n) is 9.21. The Morgan fingerprint density at radius 1 is 1.46 bits per heavy atom. The lowest BCUT2D eigenvalue weighted by Gasteiger charge is -2.39. The van der Waals surface area contributed by atoms with Crippen LogP contribution < -0.4 is 5.73 Å². The molecule has 78 valence electrons. The van der Waals surface area contributed by atoms with Gasteiger partial charge in [-0.25, -0.2) is 0 Å². The average Bonchev–Trinajstić information content (AvgIpc) is 2.50. The largest absolute Gasteiger partial charge is 0.379 e. The van der Waals surface area contributed by atoms with E-state index in [4.69, 9.17) is 10.5 Å². The molecule has 0 bridgehead atoms. The van der Waals surface area contributed by atoms with Crippen LogP contribution in [0.15, 0.2) is 0 Å². The molecule has 3 nitrogen and oxygen atoms in total. The molecule has 0 aliphatic carbocycles. The molecule has 0 aromatic heterocycles. The van der Waals surface area contributed by atoms with Crippen molar-refractivity contribution in [3.8, 4) is 0 Å². The number of nitrogens with two attached hydrogens (primary N) is 1. The summed E-state index contributed by atoms with van der Waals surface area (Å²) in [6.07, 6.45) is 0. The maximum atomic E-state index is 5.74. The van der Waals surface area contributed by atoms with Crippen LogP contribution in [0.25, 0.3) is 0 Å². The van der Waals surface area contributed by atoms with E-state index >= 15 is 0 Å². The Hall–Kier alpha value is -0.120. The lowest BCUT2D eigenvalue weighted by atomic mass is 9.97. The molecule has 0 aromatic carbocycles. The first-order valence-electron chi connectivity index (χ1n) is 5.00. The molecular weight excluding hydrogens is 164 g/mol. The van der Waals surface area contributed by atoms with Crippen molar-refractivity contribution in [2.24, 2.45) is 11.7 Å². The Labute approximate surface area is 81.2 Å². The highest BCUT2D eigenvalue weighted by Crippen LogP contribution is 2.23. The fourth-order valence-corrected chi connectivity index (χ4v) is 1.74. The second-order valence-corrected chi connectivity index (χ2v) is 4.71. The third-order valence-corrected chi connectivity index (χ3v) is 3.28. The van der Waals surface area contributed by atoms with E-state index in [1.807, 2.05) is 0 Å². The third kappa shape index (κ3) is 2.22. The van der Waals surface area contributed by atoms with Crippen molar-refractivity contribution in [3.05, 3.63) is 0 Å². The van der Waals surface area contributed by atoms with Crippen LogP contribution in [0.1, 0.15) is 20.8 Å². The van der Waals surface area contributed by atoms with Gasteiger partial charge >= 0.3 is 0 Å². The van der Waals surface area contributed by atoms with Crippen molar-refractivity contribution in [2.75, 3.05) is 26.8 Å². The van der Waals surface area contributed by atoms with E-state index in [0.29, 0.717) is 18.5 Å². The highest BCUT2D eigenvalue weighted by atomic mass is 16.5. The van der Waals surface area contributed by atoms with Gasteiger partial charge in [0.1, 0.15) is 0 Å². The van der Waals surface area contributed by atoms with Crippen molar-refractivity contribution >= 4 is 0 Å². The minimum atomic E-state index is 0.0760. The minimum Gasteiger partial charge on any atom is -0.379 e. The molecule has 3 heteroatoms. The van der Waals surface area contributed by atoms with Gasteiger partial charge in [0.05, 0.1) is 13.2 Å². The molecule has 1 rings (SSSR count). The number of hydrogen-bond acceptors (Lipinski definition) is 3. The normalized spacial score (nSPS) is 30.0. The zero-order chi connectivity index (χ0) is 10.1. The molecule has 0 radical (unpaired) electrons. The van der Waals surface area contributed by atoms with Gasteiger partial charge in [0.2, 0.25) is 0 Å². The standard InChI is InChI=1S/C10H22N2O/c1-8-5-13-6-9(8)12(4)10(2,3)7-11/h8-9H,5-7,11H2,1-4H3. The predicted octanol–water partition coefficient (Wildman–Crippen LogP) is 0.690. The molecule has 1 aliphatic heterocycles. The monoisotopic (exact) mass is 186 g/mol. The van der Waals surface area contributed by atoms with Gasteiger partial charge in [0.15, 0.2) is 0 Å². The Kier molecular flexibility index (Phi) is 3.33. The van der Waals surface area contributed by atoms with E-state index < -0.39 is 0 Å². The number of ether oxygens (including phenoxy) is 1. The summed E-state index contributed by atoms with van der Waals surface area (Å²) in [4.78, 5) is 2.35. The molecular formula is C10H22N2O. The molecule has 0 saturated carbocycles. The fourth-order valence-electron chi connectivity index (χ4n) is 1.74. The van der Waals surface area contributed by atoms with Gasteiger partial charge in [-0.1, -0.05) is 6.92 Å². The van der Waals surface area contributed by atoms with E-state index in [1.54, 1.807) is 0 Å². The van der Waals surface area contributed by atoms with Gasteiger partial charge in [-0.3, -0.25) is 4.90 Å². The summed E-state index contributed by atoms with van der Waals surface area (Å²) in [7, 11) is 2.14. The minimum absolute atomic E-state index is 0.0760. The summed E-state index contributed by atoms with van der Waals surface area (Å²) in [6, 6.07) is 0.526. The molecule has 0 amide bonds. The summed E-state index contributed by atoms with van der Waals surface area (Å²) < 4.78 is 5.45. The van der Waals surface area contributed by atoms with Crippen molar-refractivity contribution < 1.29 is 4.74 Å². The summed E-state index contributed by atoms with van der Waals surface area (Å²) in [5.41, 5.74) is 5.81. The molecule has 1 heterocycles. The Morgan fingerprint density at radius 2 is 2.08 bits per heavy atom. The van der Waals surface area contributed by atoms with Crippen LogP contribution in [0.3, 0.4) is 0 Å². The lowest BCUT2D eigenvalue weighted by molar-refractivity contribution is 0.0822. The zero-order valence-corrected chi connectivity index (χ0v) is 9.21. The van der Waals surface area contributed by atoms with E-state index in [9.17, 15) is 0 Å². The predicted molar refractivity (Wildman–Crippen MR) is 54.7 cm³/mol. The first kappa shape index (κ1) is 11.0. The fraction of sp³-hybridized carbons (Fsp3) is 1.00. The van der Waals surface area contributed by atoms with Crippen LogP contribution in [0, 0.1) is 5.92 Å². The van der Waals surface area contributed by atoms with Gasteiger partial charge < -0.3 is 10.5 Å².